The van der Waals surface area contributed by atoms with Gasteiger partial charge in [0.15, 0.2) is 5.82 Å². The molecule has 0 saturated heterocycles. The highest BCUT2D eigenvalue weighted by molar-refractivity contribution is 6.52. The van der Waals surface area contributed by atoms with Crippen molar-refractivity contribution in [3.05, 3.63) is 66.1 Å². The molecule has 2 N–H and O–H groups in total. The van der Waals surface area contributed by atoms with Gasteiger partial charge in [0.2, 0.25) is 5.78 Å². The molecule has 136 valence electrons. The van der Waals surface area contributed by atoms with Crippen molar-refractivity contribution < 1.29 is 9.90 Å². The van der Waals surface area contributed by atoms with Crippen LogP contribution in [0.5, 0.6) is 0 Å². The highest BCUT2D eigenvalue weighted by Gasteiger charge is 2.19. The molecule has 0 saturated carbocycles. The van der Waals surface area contributed by atoms with E-state index in [2.05, 4.69) is 20.4 Å². The summed E-state index contributed by atoms with van der Waals surface area (Å²) in [7, 11) is 0. The fourth-order valence-corrected chi connectivity index (χ4v) is 2.84. The number of nitrogens with one attached hydrogen (secondary N) is 1. The Kier molecular flexibility index (Phi) is 4.47. The summed E-state index contributed by atoms with van der Waals surface area (Å²) in [5.74, 6) is -0.138. The van der Waals surface area contributed by atoms with Crippen LogP contribution < -0.4 is 5.32 Å². The number of anilines is 1. The van der Waals surface area contributed by atoms with Gasteiger partial charge in [0.25, 0.3) is 0 Å². The number of carbonyl (C=O) groups is 1. The van der Waals surface area contributed by atoms with E-state index in [9.17, 15) is 9.90 Å². The number of fused-ring (bicyclic) bond motifs is 1. The van der Waals surface area contributed by atoms with E-state index in [1.165, 1.54) is 6.08 Å². The maximum absolute atomic E-state index is 12.2. The summed E-state index contributed by atoms with van der Waals surface area (Å²) in [6, 6.07) is 5.59. The molecule has 9 heteroatoms. The molecule has 3 aromatic heterocycles. The number of rotatable bonds is 5. The van der Waals surface area contributed by atoms with Gasteiger partial charge in [-0.2, -0.15) is 0 Å². The maximum atomic E-state index is 12.2. The Morgan fingerprint density at radius 2 is 2.15 bits per heavy atom. The zero-order valence-corrected chi connectivity index (χ0v) is 14.8. The Hall–Kier alpha value is -3.39. The van der Waals surface area contributed by atoms with Gasteiger partial charge in [0.05, 0.1) is 16.9 Å². The predicted octanol–water partition coefficient (Wildman–Crippen LogP) is 2.86. The van der Waals surface area contributed by atoms with Crippen LogP contribution in [0, 0.1) is 0 Å². The number of aliphatic hydroxyl groups excluding tert-OH is 1. The molecule has 1 aliphatic carbocycles. The molecule has 0 aliphatic heterocycles. The lowest BCUT2D eigenvalue weighted by molar-refractivity contribution is -0.109. The minimum absolute atomic E-state index is 0.0689. The van der Waals surface area contributed by atoms with Gasteiger partial charge in [0.1, 0.15) is 17.2 Å². The monoisotopic (exact) mass is 382 g/mol. The number of hydrogen-bond donors (Lipinski definition) is 2. The quantitative estimate of drug-likeness (QED) is 0.661. The third-order valence-electron chi connectivity index (χ3n) is 4.00. The Labute approximate surface area is 159 Å². The van der Waals surface area contributed by atoms with Gasteiger partial charge >= 0.3 is 0 Å². The Morgan fingerprint density at radius 1 is 1.26 bits per heavy atom. The standard InChI is InChI=1S/C18H15ClN6O2/c19-12-9-13(16(27)10-15(12)26)22-17-14-3-1-2-6-25(14)23-18(17)21-5-8-24-7-4-20-11-24/h1-4,6-7,9-11,26H,5,8H2,(H,21,23). The van der Waals surface area contributed by atoms with Gasteiger partial charge in [-0.3, -0.25) is 4.79 Å². The molecule has 0 atom stereocenters. The highest BCUT2D eigenvalue weighted by Crippen LogP contribution is 2.31. The molecule has 3 heterocycles. The number of ketones is 1. The number of pyridine rings is 1. The summed E-state index contributed by atoms with van der Waals surface area (Å²) in [5, 5.41) is 17.4. The second kappa shape index (κ2) is 7.08. The number of imidazole rings is 1. The molecular weight excluding hydrogens is 368 g/mol. The van der Waals surface area contributed by atoms with Gasteiger partial charge in [-0.05, 0) is 18.2 Å². The van der Waals surface area contributed by atoms with E-state index in [0.29, 0.717) is 24.6 Å². The fraction of sp³-hybridized carbons (Fsp3) is 0.111. The van der Waals surface area contributed by atoms with E-state index in [4.69, 9.17) is 11.6 Å². The molecule has 3 aromatic rings. The Balaban J connectivity index is 1.68. The zero-order valence-electron chi connectivity index (χ0n) is 14.1. The van der Waals surface area contributed by atoms with Crippen LogP contribution in [0.3, 0.4) is 0 Å². The van der Waals surface area contributed by atoms with Crippen molar-refractivity contribution in [1.82, 2.24) is 19.2 Å². The molecule has 0 bridgehead atoms. The minimum Gasteiger partial charge on any atom is -0.506 e. The second-order valence-corrected chi connectivity index (χ2v) is 6.25. The SMILES string of the molecule is O=C1C=C(O)C(Cl)=CC1=Nc1c(NCCn2ccnc2)nn2ccccc12. The number of aliphatic hydroxyl groups is 1. The number of carbonyl (C=O) groups excluding carboxylic acids is 1. The lowest BCUT2D eigenvalue weighted by atomic mass is 10.1. The number of halogens is 1. The zero-order chi connectivity index (χ0) is 18.8. The molecule has 0 radical (unpaired) electrons. The van der Waals surface area contributed by atoms with Crippen molar-refractivity contribution in [1.29, 1.82) is 0 Å². The first kappa shape index (κ1) is 17.0. The van der Waals surface area contributed by atoms with Gasteiger partial charge in [-0.25, -0.2) is 14.5 Å². The van der Waals surface area contributed by atoms with Crippen LogP contribution in [-0.4, -0.2) is 42.3 Å². The lowest BCUT2D eigenvalue weighted by Gasteiger charge is -2.08. The molecular formula is C18H15ClN6O2. The van der Waals surface area contributed by atoms with E-state index < -0.39 is 5.78 Å². The van der Waals surface area contributed by atoms with Gasteiger partial charge in [-0.1, -0.05) is 17.7 Å². The first-order valence-electron chi connectivity index (χ1n) is 8.20. The largest absolute Gasteiger partial charge is 0.506 e. The number of hydrogen-bond acceptors (Lipinski definition) is 6. The molecule has 4 rings (SSSR count). The second-order valence-electron chi connectivity index (χ2n) is 5.84. The number of nitrogens with zero attached hydrogens (tertiary/aromatic N) is 5. The average Bonchev–Trinajstić information content (AvgIpc) is 3.28. The lowest BCUT2D eigenvalue weighted by Crippen LogP contribution is -2.14. The summed E-state index contributed by atoms with van der Waals surface area (Å²) in [5.41, 5.74) is 1.40. The summed E-state index contributed by atoms with van der Waals surface area (Å²) in [6.45, 7) is 1.30. The summed E-state index contributed by atoms with van der Waals surface area (Å²) in [6.07, 6.45) is 9.53. The number of allylic oxidation sites excluding steroid dienone is 3. The highest BCUT2D eigenvalue weighted by atomic mass is 35.5. The molecule has 1 aliphatic rings. The van der Waals surface area contributed by atoms with Crippen molar-refractivity contribution in [2.75, 3.05) is 11.9 Å². The first-order chi connectivity index (χ1) is 13.1. The van der Waals surface area contributed by atoms with Crippen LogP contribution in [0.4, 0.5) is 11.5 Å². The van der Waals surface area contributed by atoms with Crippen LogP contribution >= 0.6 is 11.6 Å². The molecule has 0 unspecified atom stereocenters. The topological polar surface area (TPSA) is 96.8 Å². The average molecular weight is 383 g/mol. The summed E-state index contributed by atoms with van der Waals surface area (Å²) >= 11 is 5.93. The fourth-order valence-electron chi connectivity index (χ4n) is 2.68. The van der Waals surface area contributed by atoms with Crippen LogP contribution in [0.2, 0.25) is 0 Å². The number of aliphatic imine (C=N–C) groups is 1. The summed E-state index contributed by atoms with van der Waals surface area (Å²) < 4.78 is 3.62. The minimum atomic E-state index is -0.420. The molecule has 0 spiro atoms. The molecule has 8 nitrogen and oxygen atoms in total. The van der Waals surface area contributed by atoms with E-state index in [0.717, 1.165) is 11.6 Å². The van der Waals surface area contributed by atoms with Crippen molar-refractivity contribution in [3.63, 3.8) is 0 Å². The smallest absolute Gasteiger partial charge is 0.207 e. The third kappa shape index (κ3) is 3.47. The molecule has 27 heavy (non-hydrogen) atoms. The molecule has 0 fully saturated rings. The maximum Gasteiger partial charge on any atom is 0.207 e. The van der Waals surface area contributed by atoms with Crippen molar-refractivity contribution >= 4 is 40.1 Å². The molecule has 0 aromatic carbocycles. The van der Waals surface area contributed by atoms with Crippen molar-refractivity contribution in [2.45, 2.75) is 6.54 Å². The van der Waals surface area contributed by atoms with Crippen molar-refractivity contribution in [2.24, 2.45) is 4.99 Å². The number of aromatic nitrogens is 4. The Bertz CT molecular complexity index is 1090. The van der Waals surface area contributed by atoms with Crippen LogP contribution in [0.25, 0.3) is 5.52 Å². The van der Waals surface area contributed by atoms with E-state index >= 15 is 0 Å². The van der Waals surface area contributed by atoms with Crippen molar-refractivity contribution in [3.8, 4) is 0 Å². The van der Waals surface area contributed by atoms with E-state index in [-0.39, 0.29) is 16.5 Å². The van der Waals surface area contributed by atoms with Crippen LogP contribution in [0.1, 0.15) is 0 Å². The predicted molar refractivity (Wildman–Crippen MR) is 103 cm³/mol. The first-order valence-corrected chi connectivity index (χ1v) is 8.58. The van der Waals surface area contributed by atoms with Crippen LogP contribution in [0.15, 0.2) is 71.1 Å². The molecule has 0 amide bonds. The normalized spacial score (nSPS) is 15.9. The Morgan fingerprint density at radius 3 is 2.96 bits per heavy atom. The van der Waals surface area contributed by atoms with Gasteiger partial charge in [0, 0.05) is 37.8 Å². The van der Waals surface area contributed by atoms with Crippen LogP contribution in [-0.2, 0) is 11.3 Å². The van der Waals surface area contributed by atoms with Gasteiger partial charge < -0.3 is 15.0 Å². The van der Waals surface area contributed by atoms with E-state index in [1.807, 2.05) is 29.0 Å². The summed E-state index contributed by atoms with van der Waals surface area (Å²) in [4.78, 5) is 20.6. The third-order valence-corrected chi connectivity index (χ3v) is 4.30. The van der Waals surface area contributed by atoms with Gasteiger partial charge in [-0.15, -0.1) is 5.10 Å². The van der Waals surface area contributed by atoms with E-state index in [1.54, 1.807) is 23.2 Å².